The van der Waals surface area contributed by atoms with E-state index in [0.717, 1.165) is 44.7 Å². The number of amides is 1. The van der Waals surface area contributed by atoms with Gasteiger partial charge in [-0.1, -0.05) is 18.2 Å². The number of pyridine rings is 1. The number of nitrogens with zero attached hydrogens (tertiary/aromatic N) is 3. The van der Waals surface area contributed by atoms with Crippen LogP contribution in [0.5, 0.6) is 0 Å². The first kappa shape index (κ1) is 18.8. The second kappa shape index (κ2) is 7.46. The number of ether oxygens (including phenoxy) is 1. The Balaban J connectivity index is 1.67. The van der Waals surface area contributed by atoms with E-state index in [2.05, 4.69) is 31.7 Å². The molecule has 3 N–H and O–H groups in total. The number of aromatic nitrogens is 4. The number of fused-ring (bicyclic) bond motifs is 3. The number of imidazole rings is 1. The first-order valence-corrected chi connectivity index (χ1v) is 9.50. The van der Waals surface area contributed by atoms with Crippen molar-refractivity contribution in [3.63, 3.8) is 0 Å². The normalized spacial score (nSPS) is 11.3. The molecule has 0 radical (unpaired) electrons. The van der Waals surface area contributed by atoms with Gasteiger partial charge in [-0.15, -0.1) is 0 Å². The summed E-state index contributed by atoms with van der Waals surface area (Å²) >= 11 is 0. The van der Waals surface area contributed by atoms with Crippen LogP contribution in [0.1, 0.15) is 19.4 Å². The Kier molecular flexibility index (Phi) is 4.84. The summed E-state index contributed by atoms with van der Waals surface area (Å²) in [7, 11) is 3.81. The van der Waals surface area contributed by atoms with Gasteiger partial charge in [0.2, 0.25) is 0 Å². The monoisotopic (exact) mass is 392 g/mol. The average Bonchev–Trinajstić information content (AvgIpc) is 3.29. The van der Waals surface area contributed by atoms with Gasteiger partial charge in [-0.3, -0.25) is 0 Å². The maximum Gasteiger partial charge on any atom is 0.407 e. The van der Waals surface area contributed by atoms with E-state index in [1.165, 1.54) is 0 Å². The van der Waals surface area contributed by atoms with Crippen molar-refractivity contribution in [2.75, 3.05) is 12.4 Å². The Morgan fingerprint density at radius 1 is 1.31 bits per heavy atom. The molecule has 0 atom stereocenters. The summed E-state index contributed by atoms with van der Waals surface area (Å²) < 4.78 is 7.28. The van der Waals surface area contributed by atoms with E-state index in [0.29, 0.717) is 0 Å². The lowest BCUT2D eigenvalue weighted by atomic mass is 10.1. The molecule has 0 spiro atoms. The quantitative estimate of drug-likeness (QED) is 0.480. The van der Waals surface area contributed by atoms with Crippen LogP contribution >= 0.6 is 0 Å². The van der Waals surface area contributed by atoms with Crippen LogP contribution in [0, 0.1) is 0 Å². The van der Waals surface area contributed by atoms with Crippen molar-refractivity contribution < 1.29 is 9.53 Å². The lowest BCUT2D eigenvalue weighted by Gasteiger charge is -2.10. The van der Waals surface area contributed by atoms with Gasteiger partial charge in [-0.25, -0.2) is 14.8 Å². The second-order valence-electron chi connectivity index (χ2n) is 7.28. The van der Waals surface area contributed by atoms with Crippen LogP contribution < -0.4 is 10.6 Å². The molecule has 3 aromatic heterocycles. The molecule has 4 rings (SSSR count). The van der Waals surface area contributed by atoms with E-state index in [1.54, 1.807) is 6.33 Å². The Morgan fingerprint density at radius 3 is 2.90 bits per heavy atom. The van der Waals surface area contributed by atoms with Crippen molar-refractivity contribution in [1.29, 1.82) is 0 Å². The van der Waals surface area contributed by atoms with Gasteiger partial charge in [-0.05, 0) is 37.1 Å². The highest BCUT2D eigenvalue weighted by Crippen LogP contribution is 2.31. The van der Waals surface area contributed by atoms with Crippen molar-refractivity contribution in [3.05, 3.63) is 42.2 Å². The van der Waals surface area contributed by atoms with Crippen LogP contribution in [0.4, 0.5) is 10.6 Å². The Labute approximate surface area is 168 Å². The lowest BCUT2D eigenvalue weighted by molar-refractivity contribution is 0.137. The number of H-pyrrole nitrogens is 1. The number of nitrogens with one attached hydrogen (secondary N) is 3. The zero-order chi connectivity index (χ0) is 20.5. The van der Waals surface area contributed by atoms with Gasteiger partial charge in [0.25, 0.3) is 0 Å². The fourth-order valence-electron chi connectivity index (χ4n) is 3.38. The molecule has 1 amide bonds. The minimum atomic E-state index is -0.418. The van der Waals surface area contributed by atoms with Gasteiger partial charge in [-0.2, -0.15) is 0 Å². The van der Waals surface area contributed by atoms with Crippen LogP contribution in [0.3, 0.4) is 0 Å². The number of benzene rings is 1. The summed E-state index contributed by atoms with van der Waals surface area (Å²) in [5, 5.41) is 6.84. The van der Waals surface area contributed by atoms with Crippen molar-refractivity contribution in [1.82, 2.24) is 24.8 Å². The zero-order valence-corrected chi connectivity index (χ0v) is 16.9. The summed E-state index contributed by atoms with van der Waals surface area (Å²) in [5.41, 5.74) is 5.50. The number of aryl methyl sites for hydroxylation is 1. The van der Waals surface area contributed by atoms with Gasteiger partial charge in [0.1, 0.15) is 17.8 Å². The summed E-state index contributed by atoms with van der Waals surface area (Å²) in [5.74, 6) is 0.736. The topological polar surface area (TPSA) is 96.9 Å². The molecule has 3 heterocycles. The summed E-state index contributed by atoms with van der Waals surface area (Å²) in [6.07, 6.45) is 1.37. The fraction of sp³-hybridized carbons (Fsp3) is 0.286. The smallest absolute Gasteiger partial charge is 0.407 e. The molecule has 0 aliphatic heterocycles. The van der Waals surface area contributed by atoms with Gasteiger partial charge >= 0.3 is 6.09 Å². The third-order valence-electron chi connectivity index (χ3n) is 4.69. The number of carbonyl (C=O) groups excluding carboxylic acids is 1. The molecule has 8 nitrogen and oxygen atoms in total. The van der Waals surface area contributed by atoms with Crippen LogP contribution in [-0.2, 0) is 18.4 Å². The first-order chi connectivity index (χ1) is 14.0. The molecule has 0 fully saturated rings. The molecule has 0 unspecified atom stereocenters. The van der Waals surface area contributed by atoms with Crippen molar-refractivity contribution in [2.45, 2.75) is 26.5 Å². The van der Waals surface area contributed by atoms with Crippen LogP contribution in [0.15, 0.2) is 36.7 Å². The van der Waals surface area contributed by atoms with Crippen molar-refractivity contribution in [3.8, 4) is 11.3 Å². The maximum absolute atomic E-state index is 11.7. The van der Waals surface area contributed by atoms with E-state index in [9.17, 15) is 4.79 Å². The highest BCUT2D eigenvalue weighted by molar-refractivity contribution is 6.07. The number of alkyl carbamates (subject to hydrolysis) is 1. The molecular formula is C21H24N6O2. The number of anilines is 1. The Bertz CT molecular complexity index is 1190. The molecule has 0 aliphatic rings. The standard InChI is InChI=1S/C21H24N6O2/c1-12(2)24-21(28)29-10-13-6-5-7-14(8-13)16-9-15-18-17(23-11-27(18)4)20(22-3)26-19(15)25-16/h5-9,11-12H,10H2,1-4H3,(H,24,28)(H2,22,25,26). The maximum atomic E-state index is 11.7. The van der Waals surface area contributed by atoms with E-state index < -0.39 is 6.09 Å². The van der Waals surface area contributed by atoms with Crippen molar-refractivity contribution >= 4 is 34.0 Å². The number of hydrogen-bond donors (Lipinski definition) is 3. The third kappa shape index (κ3) is 3.61. The molecule has 0 bridgehead atoms. The van der Waals surface area contributed by atoms with Crippen LogP contribution in [0.2, 0.25) is 0 Å². The molecule has 0 saturated heterocycles. The summed E-state index contributed by atoms with van der Waals surface area (Å²) in [6, 6.07) is 10.0. The Morgan fingerprint density at radius 2 is 2.14 bits per heavy atom. The van der Waals surface area contributed by atoms with E-state index in [4.69, 9.17) is 4.74 Å². The molecule has 4 aromatic rings. The van der Waals surface area contributed by atoms with Gasteiger partial charge in [0, 0.05) is 31.2 Å². The minimum Gasteiger partial charge on any atom is -0.445 e. The zero-order valence-electron chi connectivity index (χ0n) is 16.9. The summed E-state index contributed by atoms with van der Waals surface area (Å²) in [4.78, 5) is 24.3. The number of carbonyl (C=O) groups is 1. The third-order valence-corrected chi connectivity index (χ3v) is 4.69. The molecule has 1 aromatic carbocycles. The van der Waals surface area contributed by atoms with Gasteiger partial charge < -0.3 is 24.9 Å². The number of hydrogen-bond acceptors (Lipinski definition) is 5. The molecule has 0 saturated carbocycles. The van der Waals surface area contributed by atoms with E-state index in [1.807, 2.05) is 56.8 Å². The second-order valence-corrected chi connectivity index (χ2v) is 7.28. The largest absolute Gasteiger partial charge is 0.445 e. The molecule has 29 heavy (non-hydrogen) atoms. The SMILES string of the molecule is CNc1nc2[nH]c(-c3cccc(COC(=O)NC(C)C)c3)cc2c2c1ncn2C. The molecule has 8 heteroatoms. The van der Waals surface area contributed by atoms with Gasteiger partial charge in [0.15, 0.2) is 5.82 Å². The van der Waals surface area contributed by atoms with Gasteiger partial charge in [0.05, 0.1) is 11.8 Å². The predicted octanol–water partition coefficient (Wildman–Crippen LogP) is 3.79. The average molecular weight is 392 g/mol. The Hall–Kier alpha value is -3.55. The molecular weight excluding hydrogens is 368 g/mol. The first-order valence-electron chi connectivity index (χ1n) is 9.50. The van der Waals surface area contributed by atoms with E-state index >= 15 is 0 Å². The number of aromatic amines is 1. The molecule has 0 aliphatic carbocycles. The highest BCUT2D eigenvalue weighted by atomic mass is 16.5. The van der Waals surface area contributed by atoms with Crippen LogP contribution in [0.25, 0.3) is 33.3 Å². The van der Waals surface area contributed by atoms with Crippen LogP contribution in [-0.4, -0.2) is 38.7 Å². The predicted molar refractivity (Wildman–Crippen MR) is 114 cm³/mol. The van der Waals surface area contributed by atoms with E-state index in [-0.39, 0.29) is 12.6 Å². The summed E-state index contributed by atoms with van der Waals surface area (Å²) in [6.45, 7) is 4.00. The van der Waals surface area contributed by atoms with Crippen molar-refractivity contribution in [2.24, 2.45) is 7.05 Å². The fourth-order valence-corrected chi connectivity index (χ4v) is 3.38. The lowest BCUT2D eigenvalue weighted by Crippen LogP contribution is -2.30. The molecule has 150 valence electrons. The minimum absolute atomic E-state index is 0.0408. The number of rotatable bonds is 5. The highest BCUT2D eigenvalue weighted by Gasteiger charge is 2.15.